The van der Waals surface area contributed by atoms with E-state index in [1.807, 2.05) is 14.0 Å². The molecule has 0 bridgehead atoms. The molecular formula is C20H24N4O2S. The van der Waals surface area contributed by atoms with Gasteiger partial charge in [0.15, 0.2) is 0 Å². The van der Waals surface area contributed by atoms with Crippen LogP contribution < -0.4 is 5.73 Å². The predicted molar refractivity (Wildman–Crippen MR) is 109 cm³/mol. The third-order valence-corrected chi connectivity index (χ3v) is 5.48. The van der Waals surface area contributed by atoms with E-state index in [-0.39, 0.29) is 5.97 Å². The maximum absolute atomic E-state index is 12.1. The number of rotatable bonds is 6. The highest BCUT2D eigenvalue weighted by molar-refractivity contribution is 7.20. The molecule has 0 aliphatic heterocycles. The molecular weight excluding hydrogens is 360 g/mol. The van der Waals surface area contributed by atoms with Crippen LogP contribution in [-0.4, -0.2) is 34.5 Å². The number of benzene rings is 1. The Labute approximate surface area is 163 Å². The van der Waals surface area contributed by atoms with Crippen LogP contribution in [0.5, 0.6) is 0 Å². The van der Waals surface area contributed by atoms with Crippen LogP contribution in [0.25, 0.3) is 10.2 Å². The summed E-state index contributed by atoms with van der Waals surface area (Å²) in [6, 6.07) is 8.46. The number of fused-ring (bicyclic) bond motifs is 1. The van der Waals surface area contributed by atoms with Gasteiger partial charge in [-0.2, -0.15) is 0 Å². The number of nitrogens with zero attached hydrogens (tertiary/aromatic N) is 3. The first kappa shape index (κ1) is 19.3. The molecule has 0 aliphatic rings. The zero-order valence-electron chi connectivity index (χ0n) is 16.1. The summed E-state index contributed by atoms with van der Waals surface area (Å²) in [5.41, 5.74) is 9.43. The fourth-order valence-electron chi connectivity index (χ4n) is 2.98. The number of nitrogens with two attached hydrogens (primary N) is 1. The maximum atomic E-state index is 12.1. The van der Waals surface area contributed by atoms with Crippen molar-refractivity contribution in [3.05, 3.63) is 51.7 Å². The van der Waals surface area contributed by atoms with E-state index < -0.39 is 0 Å². The topological polar surface area (TPSA) is 81.3 Å². The first-order valence-electron chi connectivity index (χ1n) is 8.85. The summed E-state index contributed by atoms with van der Waals surface area (Å²) in [5.74, 6) is 0.713. The van der Waals surface area contributed by atoms with Crippen LogP contribution in [0.3, 0.4) is 0 Å². The highest BCUT2D eigenvalue weighted by Crippen LogP contribution is 2.33. The van der Waals surface area contributed by atoms with Gasteiger partial charge < -0.3 is 10.5 Å². The smallest absolute Gasteiger partial charge is 0.348 e. The lowest BCUT2D eigenvalue weighted by Crippen LogP contribution is -2.19. The monoisotopic (exact) mass is 384 g/mol. The molecule has 2 aromatic heterocycles. The minimum absolute atomic E-state index is 0.336. The molecule has 0 amide bonds. The van der Waals surface area contributed by atoms with Gasteiger partial charge in [-0.3, -0.25) is 4.90 Å². The summed E-state index contributed by atoms with van der Waals surface area (Å²) in [6.45, 7) is 7.42. The fraction of sp³-hybridized carbons (Fsp3) is 0.350. The van der Waals surface area contributed by atoms with Gasteiger partial charge in [-0.1, -0.05) is 29.8 Å². The van der Waals surface area contributed by atoms with Crippen molar-refractivity contribution in [3.8, 4) is 0 Å². The Kier molecular flexibility index (Phi) is 5.72. The SMILES string of the molecule is CCOC(=O)c1sc2nc(CN(C)Cc3ccc(C)cc3)nc(N)c2c1C. The number of thiophene rings is 1. The van der Waals surface area contributed by atoms with Crippen molar-refractivity contribution in [2.45, 2.75) is 33.9 Å². The zero-order chi connectivity index (χ0) is 19.6. The molecule has 142 valence electrons. The Morgan fingerprint density at radius 2 is 1.89 bits per heavy atom. The average molecular weight is 385 g/mol. The van der Waals surface area contributed by atoms with Crippen LogP contribution >= 0.6 is 11.3 Å². The minimum atomic E-state index is -0.338. The second-order valence-electron chi connectivity index (χ2n) is 6.64. The van der Waals surface area contributed by atoms with Crippen molar-refractivity contribution in [1.29, 1.82) is 0 Å². The highest BCUT2D eigenvalue weighted by atomic mass is 32.1. The molecule has 2 heterocycles. The van der Waals surface area contributed by atoms with E-state index in [9.17, 15) is 4.79 Å². The Morgan fingerprint density at radius 3 is 2.56 bits per heavy atom. The second-order valence-corrected chi connectivity index (χ2v) is 7.64. The van der Waals surface area contributed by atoms with Crippen LogP contribution in [0.2, 0.25) is 0 Å². The van der Waals surface area contributed by atoms with Crippen molar-refractivity contribution in [1.82, 2.24) is 14.9 Å². The van der Waals surface area contributed by atoms with Gasteiger partial charge in [-0.15, -0.1) is 11.3 Å². The molecule has 0 aliphatic carbocycles. The summed E-state index contributed by atoms with van der Waals surface area (Å²) in [5, 5.41) is 0.744. The number of hydrogen-bond donors (Lipinski definition) is 1. The van der Waals surface area contributed by atoms with Gasteiger partial charge in [0.2, 0.25) is 0 Å². The summed E-state index contributed by atoms with van der Waals surface area (Å²) in [6.07, 6.45) is 0. The van der Waals surface area contributed by atoms with E-state index in [1.54, 1.807) is 6.92 Å². The van der Waals surface area contributed by atoms with Gasteiger partial charge in [-0.25, -0.2) is 14.8 Å². The van der Waals surface area contributed by atoms with Crippen molar-refractivity contribution in [2.75, 3.05) is 19.4 Å². The van der Waals surface area contributed by atoms with Crippen molar-refractivity contribution >= 4 is 33.3 Å². The molecule has 27 heavy (non-hydrogen) atoms. The Bertz CT molecular complexity index is 966. The molecule has 1 aromatic carbocycles. The molecule has 0 spiro atoms. The number of ether oxygens (including phenoxy) is 1. The van der Waals surface area contributed by atoms with Crippen molar-refractivity contribution in [2.24, 2.45) is 0 Å². The lowest BCUT2D eigenvalue weighted by molar-refractivity contribution is 0.0531. The Balaban J connectivity index is 1.82. The highest BCUT2D eigenvalue weighted by Gasteiger charge is 2.20. The van der Waals surface area contributed by atoms with E-state index in [0.29, 0.717) is 29.7 Å². The summed E-state index contributed by atoms with van der Waals surface area (Å²) in [7, 11) is 2.02. The summed E-state index contributed by atoms with van der Waals surface area (Å²) >= 11 is 1.31. The lowest BCUT2D eigenvalue weighted by atomic mass is 10.1. The number of aromatic nitrogens is 2. The molecule has 0 saturated heterocycles. The van der Waals surface area contributed by atoms with E-state index in [0.717, 1.165) is 22.3 Å². The third-order valence-electron chi connectivity index (χ3n) is 4.31. The number of nitrogen functional groups attached to an aromatic ring is 1. The molecule has 3 rings (SSSR count). The van der Waals surface area contributed by atoms with Crippen molar-refractivity contribution < 1.29 is 9.53 Å². The molecule has 0 fully saturated rings. The first-order valence-corrected chi connectivity index (χ1v) is 9.67. The molecule has 3 aromatic rings. The van der Waals surface area contributed by atoms with Crippen molar-refractivity contribution in [3.63, 3.8) is 0 Å². The van der Waals surface area contributed by atoms with Gasteiger partial charge in [-0.05, 0) is 38.9 Å². The molecule has 6 nitrogen and oxygen atoms in total. The molecule has 0 unspecified atom stereocenters. The number of carbonyl (C=O) groups excluding carboxylic acids is 1. The molecule has 0 radical (unpaired) electrons. The van der Waals surface area contributed by atoms with Crippen LogP contribution in [0.1, 0.15) is 39.1 Å². The van der Waals surface area contributed by atoms with E-state index >= 15 is 0 Å². The lowest BCUT2D eigenvalue weighted by Gasteiger charge is -2.16. The van der Waals surface area contributed by atoms with Gasteiger partial charge in [0.05, 0.1) is 18.5 Å². The molecule has 2 N–H and O–H groups in total. The predicted octanol–water partition coefficient (Wildman–Crippen LogP) is 3.70. The zero-order valence-corrected chi connectivity index (χ0v) is 16.9. The Hall–Kier alpha value is -2.51. The minimum Gasteiger partial charge on any atom is -0.462 e. The first-order chi connectivity index (χ1) is 12.9. The van der Waals surface area contributed by atoms with Crippen LogP contribution in [0.15, 0.2) is 24.3 Å². The van der Waals surface area contributed by atoms with Crippen LogP contribution in [0.4, 0.5) is 5.82 Å². The fourth-order valence-corrected chi connectivity index (χ4v) is 4.08. The van der Waals surface area contributed by atoms with E-state index in [4.69, 9.17) is 10.5 Å². The number of hydrogen-bond acceptors (Lipinski definition) is 7. The normalized spacial score (nSPS) is 11.3. The van der Waals surface area contributed by atoms with Crippen LogP contribution in [-0.2, 0) is 17.8 Å². The van der Waals surface area contributed by atoms with Gasteiger partial charge in [0, 0.05) is 6.54 Å². The van der Waals surface area contributed by atoms with Gasteiger partial charge in [0.1, 0.15) is 21.3 Å². The number of aryl methyl sites for hydroxylation is 2. The Morgan fingerprint density at radius 1 is 1.19 bits per heavy atom. The van der Waals surface area contributed by atoms with E-state index in [2.05, 4.69) is 46.1 Å². The maximum Gasteiger partial charge on any atom is 0.348 e. The summed E-state index contributed by atoms with van der Waals surface area (Å²) in [4.78, 5) is 24.6. The largest absolute Gasteiger partial charge is 0.462 e. The number of anilines is 1. The number of esters is 1. The molecule has 0 atom stereocenters. The molecule has 7 heteroatoms. The average Bonchev–Trinajstić information content (AvgIpc) is 2.94. The number of carbonyl (C=O) groups is 1. The van der Waals surface area contributed by atoms with Crippen LogP contribution in [0, 0.1) is 13.8 Å². The van der Waals surface area contributed by atoms with Gasteiger partial charge >= 0.3 is 5.97 Å². The summed E-state index contributed by atoms with van der Waals surface area (Å²) < 4.78 is 5.12. The molecule has 0 saturated carbocycles. The van der Waals surface area contributed by atoms with E-state index in [1.165, 1.54) is 22.5 Å². The quantitative estimate of drug-likeness (QED) is 0.653. The second kappa shape index (κ2) is 8.02. The van der Waals surface area contributed by atoms with Gasteiger partial charge in [0.25, 0.3) is 0 Å². The standard InChI is InChI=1S/C20H24N4O2S/c1-5-26-20(25)17-13(3)16-18(21)22-15(23-19(16)27-17)11-24(4)10-14-8-6-12(2)7-9-14/h6-9H,5,10-11H2,1-4H3,(H2,21,22,23). The third kappa shape index (κ3) is 4.26.